The lowest BCUT2D eigenvalue weighted by molar-refractivity contribution is -0.388. The standard InChI is InChI=1S/C52H84O22/c1-20(19-66-47-39(61)38(60)35(57)29(17-53)71-47)8-11-28-21(2)31-45(70-28)44(65-7)32-26-10-9-24-16-25(12-14-51(24,5)27(26)13-15-52(31,32)6)69-50-46(74-49-41(63)37(59)34(56)23(4)68-49)42(64)43(30(18-54)72-50)73-48-40(62)36(58)33(55)22(3)67-48/h9,20,22-23,25-27,29-50,53-64H,8,10-19H2,1-7H3. The van der Waals surface area contributed by atoms with Crippen LogP contribution in [-0.2, 0) is 47.4 Å². The van der Waals surface area contributed by atoms with E-state index in [9.17, 15) is 61.3 Å². The molecule has 74 heavy (non-hydrogen) atoms. The van der Waals surface area contributed by atoms with Gasteiger partial charge >= 0.3 is 0 Å². The average molecular weight is 1060 g/mol. The number of methoxy groups -OCH3 is 1. The van der Waals surface area contributed by atoms with Crippen molar-refractivity contribution < 1.29 is 109 Å². The topological polar surface area (TPSA) is 335 Å². The molecular weight excluding hydrogens is 977 g/mol. The third-order valence-electron chi connectivity index (χ3n) is 19.1. The number of ether oxygens (including phenoxy) is 10. The van der Waals surface area contributed by atoms with E-state index in [-0.39, 0.29) is 47.4 Å². The number of allylic oxidation sites excluding steroid dienone is 2. The third kappa shape index (κ3) is 10.1. The molecule has 5 heterocycles. The van der Waals surface area contributed by atoms with Crippen molar-refractivity contribution in [2.45, 2.75) is 234 Å². The van der Waals surface area contributed by atoms with E-state index in [0.717, 1.165) is 37.9 Å². The van der Waals surface area contributed by atoms with Gasteiger partial charge in [0.2, 0.25) is 0 Å². The van der Waals surface area contributed by atoms with Crippen LogP contribution in [0.1, 0.15) is 92.9 Å². The van der Waals surface area contributed by atoms with Crippen molar-refractivity contribution >= 4 is 0 Å². The molecule has 9 rings (SSSR count). The van der Waals surface area contributed by atoms with E-state index in [0.29, 0.717) is 31.1 Å². The molecule has 0 amide bonds. The lowest BCUT2D eigenvalue weighted by atomic mass is 9.47. The van der Waals surface area contributed by atoms with Crippen molar-refractivity contribution in [2.75, 3.05) is 26.9 Å². The van der Waals surface area contributed by atoms with Gasteiger partial charge < -0.3 is 109 Å². The predicted octanol–water partition coefficient (Wildman–Crippen LogP) is -1.41. The van der Waals surface area contributed by atoms with Gasteiger partial charge in [0, 0.05) is 19.4 Å². The van der Waals surface area contributed by atoms with Crippen LogP contribution in [0.25, 0.3) is 0 Å². The van der Waals surface area contributed by atoms with Gasteiger partial charge in [-0.25, -0.2) is 0 Å². The summed E-state index contributed by atoms with van der Waals surface area (Å²) in [6.45, 7) is 11.0. The Kier molecular flexibility index (Phi) is 17.4. The van der Waals surface area contributed by atoms with Crippen molar-refractivity contribution in [3.8, 4) is 0 Å². The monoisotopic (exact) mass is 1060 g/mol. The van der Waals surface area contributed by atoms with Gasteiger partial charge in [-0.3, -0.25) is 0 Å². The molecule has 30 unspecified atom stereocenters. The molecule has 4 aliphatic carbocycles. The highest BCUT2D eigenvalue weighted by atomic mass is 16.8. The van der Waals surface area contributed by atoms with Gasteiger partial charge in [0.05, 0.1) is 50.0 Å². The van der Waals surface area contributed by atoms with Crippen molar-refractivity contribution in [1.82, 2.24) is 0 Å². The first-order chi connectivity index (χ1) is 35.1. The lowest BCUT2D eigenvalue weighted by Gasteiger charge is -2.58. The molecule has 4 saturated heterocycles. The maximum absolute atomic E-state index is 12.1. The van der Waals surface area contributed by atoms with E-state index in [1.54, 1.807) is 7.11 Å². The Hall–Kier alpha value is -1.56. The van der Waals surface area contributed by atoms with Crippen molar-refractivity contribution in [3.63, 3.8) is 0 Å². The lowest BCUT2D eigenvalue weighted by Crippen LogP contribution is -2.66. The SMILES string of the molecule is COC1C2OC(CCC(C)COC3OC(CO)C(O)C(O)C3O)=C(C)C2C2(C)CCC3C(CC=C4CC(OC5OC(CO)C(OC6OC(C)C(O)C(O)C6O)C(O)C5OC5OC(C)C(O)C(O)C5O)CCC43C)C12. The summed E-state index contributed by atoms with van der Waals surface area (Å²) in [5.74, 6) is 2.07. The Morgan fingerprint density at radius 2 is 1.26 bits per heavy atom. The average Bonchev–Trinajstić information content (AvgIpc) is 3.85. The summed E-state index contributed by atoms with van der Waals surface area (Å²) < 4.78 is 61.4. The first-order valence-corrected chi connectivity index (χ1v) is 26.9. The number of hydrogen-bond acceptors (Lipinski definition) is 22. The minimum absolute atomic E-state index is 0.0318. The number of aliphatic hydroxyl groups excluding tert-OH is 12. The molecule has 0 aromatic carbocycles. The Labute approximate surface area is 432 Å². The molecule has 0 aromatic heterocycles. The molecule has 424 valence electrons. The number of hydrogen-bond donors (Lipinski definition) is 12. The Balaban J connectivity index is 0.872. The van der Waals surface area contributed by atoms with Crippen LogP contribution in [0.3, 0.4) is 0 Å². The van der Waals surface area contributed by atoms with Crippen LogP contribution in [0.15, 0.2) is 23.0 Å². The molecule has 22 nitrogen and oxygen atoms in total. The van der Waals surface area contributed by atoms with Crippen LogP contribution in [-0.4, -0.2) is 229 Å². The smallest absolute Gasteiger partial charge is 0.187 e. The van der Waals surface area contributed by atoms with Crippen LogP contribution in [0, 0.1) is 40.4 Å². The van der Waals surface area contributed by atoms with Gasteiger partial charge in [-0.15, -0.1) is 0 Å². The van der Waals surface area contributed by atoms with E-state index in [2.05, 4.69) is 26.8 Å². The zero-order valence-corrected chi connectivity index (χ0v) is 43.5. The highest BCUT2D eigenvalue weighted by Gasteiger charge is 2.68. The van der Waals surface area contributed by atoms with Gasteiger partial charge in [0.15, 0.2) is 25.2 Å². The minimum atomic E-state index is -1.75. The summed E-state index contributed by atoms with van der Waals surface area (Å²) in [7, 11) is 1.79. The predicted molar refractivity (Wildman–Crippen MR) is 254 cm³/mol. The Morgan fingerprint density at radius 3 is 1.88 bits per heavy atom. The van der Waals surface area contributed by atoms with Crippen molar-refractivity contribution in [3.05, 3.63) is 23.0 Å². The molecule has 0 spiro atoms. The Morgan fingerprint density at radius 1 is 0.662 bits per heavy atom. The summed E-state index contributed by atoms with van der Waals surface area (Å²) in [4.78, 5) is 0. The summed E-state index contributed by atoms with van der Waals surface area (Å²) in [5.41, 5.74) is 2.26. The molecule has 22 heteroatoms. The second kappa shape index (κ2) is 22.5. The van der Waals surface area contributed by atoms with E-state index in [4.69, 9.17) is 47.4 Å². The van der Waals surface area contributed by atoms with Gasteiger partial charge in [0.25, 0.3) is 0 Å². The highest BCUT2D eigenvalue weighted by molar-refractivity contribution is 5.32. The number of rotatable bonds is 15. The largest absolute Gasteiger partial charge is 0.491 e. The molecule has 5 aliphatic heterocycles. The van der Waals surface area contributed by atoms with Gasteiger partial charge in [-0.2, -0.15) is 0 Å². The molecule has 3 saturated carbocycles. The molecule has 7 fully saturated rings. The maximum atomic E-state index is 12.1. The van der Waals surface area contributed by atoms with Crippen LogP contribution in [0.2, 0.25) is 0 Å². The van der Waals surface area contributed by atoms with E-state index in [1.807, 2.05) is 6.92 Å². The summed E-state index contributed by atoms with van der Waals surface area (Å²) >= 11 is 0. The van der Waals surface area contributed by atoms with Crippen LogP contribution in [0.5, 0.6) is 0 Å². The van der Waals surface area contributed by atoms with Gasteiger partial charge in [0.1, 0.15) is 91.6 Å². The molecule has 0 aromatic rings. The molecule has 12 N–H and O–H groups in total. The fourth-order valence-electron chi connectivity index (χ4n) is 14.8. The van der Waals surface area contributed by atoms with E-state index < -0.39 is 142 Å². The van der Waals surface area contributed by atoms with Crippen molar-refractivity contribution in [1.29, 1.82) is 0 Å². The van der Waals surface area contributed by atoms with Crippen LogP contribution >= 0.6 is 0 Å². The molecular formula is C52H84O22. The van der Waals surface area contributed by atoms with Crippen LogP contribution in [0.4, 0.5) is 0 Å². The summed E-state index contributed by atoms with van der Waals surface area (Å²) in [5, 5.41) is 127. The molecule has 0 radical (unpaired) electrons. The minimum Gasteiger partial charge on any atom is -0.491 e. The fourth-order valence-corrected chi connectivity index (χ4v) is 14.8. The fraction of sp³-hybridized carbons (Fsp3) is 0.923. The first-order valence-electron chi connectivity index (χ1n) is 26.9. The molecule has 9 aliphatic rings. The third-order valence-corrected chi connectivity index (χ3v) is 19.1. The highest BCUT2D eigenvalue weighted by Crippen LogP contribution is 2.69. The molecule has 0 bridgehead atoms. The number of fused-ring (bicyclic) bond motifs is 7. The van der Waals surface area contributed by atoms with E-state index in [1.165, 1.54) is 25.0 Å². The van der Waals surface area contributed by atoms with Crippen molar-refractivity contribution in [2.24, 2.45) is 40.4 Å². The van der Waals surface area contributed by atoms with Crippen LogP contribution < -0.4 is 0 Å². The quantitative estimate of drug-likeness (QED) is 0.0839. The van der Waals surface area contributed by atoms with Gasteiger partial charge in [-0.05, 0) is 106 Å². The first kappa shape index (κ1) is 57.1. The molecule has 30 atom stereocenters. The second-order valence-electron chi connectivity index (χ2n) is 23.5. The van der Waals surface area contributed by atoms with E-state index >= 15 is 0 Å². The second-order valence-corrected chi connectivity index (χ2v) is 23.5. The number of aliphatic hydroxyl groups is 12. The Bertz CT molecular complexity index is 1980. The zero-order chi connectivity index (χ0) is 53.5. The summed E-state index contributed by atoms with van der Waals surface area (Å²) in [6.07, 6.45) is -20.9. The summed E-state index contributed by atoms with van der Waals surface area (Å²) in [6, 6.07) is 0. The zero-order valence-electron chi connectivity index (χ0n) is 43.5. The van der Waals surface area contributed by atoms with Gasteiger partial charge in [-0.1, -0.05) is 32.4 Å². The normalized spacial score (nSPS) is 52.9. The maximum Gasteiger partial charge on any atom is 0.187 e.